The lowest BCUT2D eigenvalue weighted by atomic mass is 10.1. The summed E-state index contributed by atoms with van der Waals surface area (Å²) in [5, 5.41) is 4.06. The number of halogens is 1. The van der Waals surface area contributed by atoms with Gasteiger partial charge in [0, 0.05) is 23.2 Å². The van der Waals surface area contributed by atoms with Crippen molar-refractivity contribution in [1.29, 1.82) is 0 Å². The summed E-state index contributed by atoms with van der Waals surface area (Å²) < 4.78 is 0.998. The number of anilines is 2. The molecular weight excluding hydrogens is 424 g/mol. The molecule has 1 amide bonds. The average Bonchev–Trinajstić information content (AvgIpc) is 3.02. The smallest absolute Gasteiger partial charge is 0.266 e. The number of aryl methyl sites for hydroxylation is 2. The number of rotatable bonds is 3. The van der Waals surface area contributed by atoms with Crippen LogP contribution in [-0.4, -0.2) is 29.0 Å². The number of hydrogen-bond acceptors (Lipinski definition) is 5. The zero-order chi connectivity index (χ0) is 19.0. The lowest BCUT2D eigenvalue weighted by Crippen LogP contribution is -2.30. The molecule has 1 saturated heterocycles. The quantitative estimate of drug-likeness (QED) is 0.594. The molecule has 140 valence electrons. The van der Waals surface area contributed by atoms with E-state index in [9.17, 15) is 4.79 Å². The number of piperidine rings is 1. The molecule has 1 aliphatic heterocycles. The standard InChI is InChI=1S/C20H21BrN4OS/c1-12-10-14(21)6-7-15(12)24-19(26)17-13(2)16-18(22-11-23-20(16)27-17)25-8-4-3-5-9-25/h6-7,10-11H,3-5,8-9H2,1-2H3,(H,24,26). The number of nitrogens with one attached hydrogen (secondary N) is 1. The number of thiophene rings is 1. The van der Waals surface area contributed by atoms with Gasteiger partial charge in [-0.1, -0.05) is 15.9 Å². The van der Waals surface area contributed by atoms with Gasteiger partial charge in [0.1, 0.15) is 17.0 Å². The molecule has 0 radical (unpaired) electrons. The zero-order valence-corrected chi connectivity index (χ0v) is 17.8. The Bertz CT molecular complexity index is 1010. The van der Waals surface area contributed by atoms with E-state index in [0.29, 0.717) is 4.88 Å². The summed E-state index contributed by atoms with van der Waals surface area (Å²) in [4.78, 5) is 25.8. The molecule has 0 atom stereocenters. The first kappa shape index (κ1) is 18.4. The molecule has 3 aromatic rings. The summed E-state index contributed by atoms with van der Waals surface area (Å²) >= 11 is 4.90. The lowest BCUT2D eigenvalue weighted by molar-refractivity contribution is 0.103. The van der Waals surface area contributed by atoms with Crippen LogP contribution in [0.25, 0.3) is 10.2 Å². The van der Waals surface area contributed by atoms with Crippen LogP contribution in [-0.2, 0) is 0 Å². The van der Waals surface area contributed by atoms with E-state index in [1.165, 1.54) is 30.6 Å². The fraction of sp³-hybridized carbons (Fsp3) is 0.350. The predicted molar refractivity (Wildman–Crippen MR) is 115 cm³/mol. The first-order valence-corrected chi connectivity index (χ1v) is 10.7. The van der Waals surface area contributed by atoms with Crippen LogP contribution in [0, 0.1) is 13.8 Å². The van der Waals surface area contributed by atoms with Crippen LogP contribution in [0.2, 0.25) is 0 Å². The highest BCUT2D eigenvalue weighted by Gasteiger charge is 2.23. The molecule has 0 spiro atoms. The Morgan fingerprint density at radius 1 is 1.19 bits per heavy atom. The van der Waals surface area contributed by atoms with E-state index in [1.54, 1.807) is 6.33 Å². The highest BCUT2D eigenvalue weighted by molar-refractivity contribution is 9.10. The molecule has 0 bridgehead atoms. The average molecular weight is 445 g/mol. The van der Waals surface area contributed by atoms with Gasteiger partial charge in [0.15, 0.2) is 0 Å². The van der Waals surface area contributed by atoms with E-state index in [2.05, 4.69) is 36.1 Å². The van der Waals surface area contributed by atoms with E-state index in [0.717, 1.165) is 50.4 Å². The van der Waals surface area contributed by atoms with Crippen LogP contribution in [0.5, 0.6) is 0 Å². The van der Waals surface area contributed by atoms with Crippen molar-refractivity contribution in [3.63, 3.8) is 0 Å². The van der Waals surface area contributed by atoms with Crippen LogP contribution in [0.4, 0.5) is 11.5 Å². The highest BCUT2D eigenvalue weighted by atomic mass is 79.9. The second-order valence-corrected chi connectivity index (χ2v) is 8.81. The van der Waals surface area contributed by atoms with E-state index >= 15 is 0 Å². The molecule has 3 heterocycles. The van der Waals surface area contributed by atoms with Crippen molar-refractivity contribution in [3.8, 4) is 0 Å². The second-order valence-electron chi connectivity index (χ2n) is 6.89. The van der Waals surface area contributed by atoms with Crippen molar-refractivity contribution in [1.82, 2.24) is 9.97 Å². The Morgan fingerprint density at radius 3 is 2.70 bits per heavy atom. The van der Waals surface area contributed by atoms with Gasteiger partial charge in [-0.15, -0.1) is 11.3 Å². The number of carbonyl (C=O) groups is 1. The molecule has 7 heteroatoms. The number of carbonyl (C=O) groups excluding carboxylic acids is 1. The first-order valence-electron chi connectivity index (χ1n) is 9.11. The minimum absolute atomic E-state index is 0.0921. The Morgan fingerprint density at radius 2 is 1.96 bits per heavy atom. The molecule has 1 aromatic carbocycles. The third-order valence-electron chi connectivity index (χ3n) is 5.01. The topological polar surface area (TPSA) is 58.1 Å². The summed E-state index contributed by atoms with van der Waals surface area (Å²) in [5.74, 6) is 0.873. The monoisotopic (exact) mass is 444 g/mol. The first-order chi connectivity index (χ1) is 13.0. The Hall–Kier alpha value is -1.99. The molecule has 0 aliphatic carbocycles. The van der Waals surface area contributed by atoms with Gasteiger partial charge in [-0.25, -0.2) is 9.97 Å². The van der Waals surface area contributed by atoms with Crippen LogP contribution in [0.15, 0.2) is 29.0 Å². The third-order valence-corrected chi connectivity index (χ3v) is 6.70. The number of benzene rings is 1. The minimum Gasteiger partial charge on any atom is -0.356 e. The van der Waals surface area contributed by atoms with E-state index in [-0.39, 0.29) is 5.91 Å². The molecule has 0 unspecified atom stereocenters. The van der Waals surface area contributed by atoms with Gasteiger partial charge in [0.2, 0.25) is 0 Å². The molecule has 1 aliphatic rings. The van der Waals surface area contributed by atoms with Gasteiger partial charge < -0.3 is 10.2 Å². The van der Waals surface area contributed by atoms with Crippen molar-refractivity contribution in [2.45, 2.75) is 33.1 Å². The predicted octanol–water partition coefficient (Wildman–Crippen LogP) is 5.31. The SMILES string of the molecule is Cc1cc(Br)ccc1NC(=O)c1sc2ncnc(N3CCCCC3)c2c1C. The molecule has 2 aromatic heterocycles. The summed E-state index contributed by atoms with van der Waals surface area (Å²) in [6, 6.07) is 5.84. The van der Waals surface area contributed by atoms with Crippen molar-refractivity contribution < 1.29 is 4.79 Å². The van der Waals surface area contributed by atoms with Crippen LogP contribution >= 0.6 is 27.3 Å². The van der Waals surface area contributed by atoms with Gasteiger partial charge in [-0.05, 0) is 62.4 Å². The van der Waals surface area contributed by atoms with Crippen molar-refractivity contribution >= 4 is 54.9 Å². The molecular formula is C20H21BrN4OS. The molecule has 1 N–H and O–H groups in total. The summed E-state index contributed by atoms with van der Waals surface area (Å²) in [6.07, 6.45) is 5.26. The van der Waals surface area contributed by atoms with Gasteiger partial charge in [-0.2, -0.15) is 0 Å². The van der Waals surface area contributed by atoms with E-state index < -0.39 is 0 Å². The lowest BCUT2D eigenvalue weighted by Gasteiger charge is -2.28. The maximum atomic E-state index is 13.0. The minimum atomic E-state index is -0.0921. The van der Waals surface area contributed by atoms with Gasteiger partial charge in [0.25, 0.3) is 5.91 Å². The number of fused-ring (bicyclic) bond motifs is 1. The highest BCUT2D eigenvalue weighted by Crippen LogP contribution is 2.36. The van der Waals surface area contributed by atoms with Crippen LogP contribution < -0.4 is 10.2 Å². The van der Waals surface area contributed by atoms with Crippen molar-refractivity contribution in [3.05, 3.63) is 45.0 Å². The van der Waals surface area contributed by atoms with Crippen molar-refractivity contribution in [2.75, 3.05) is 23.3 Å². The molecule has 27 heavy (non-hydrogen) atoms. The number of amides is 1. The molecule has 1 fully saturated rings. The van der Waals surface area contributed by atoms with E-state index in [1.807, 2.05) is 32.0 Å². The number of hydrogen-bond donors (Lipinski definition) is 1. The van der Waals surface area contributed by atoms with Gasteiger partial charge in [-0.3, -0.25) is 4.79 Å². The second kappa shape index (κ2) is 7.56. The summed E-state index contributed by atoms with van der Waals surface area (Å²) in [5.41, 5.74) is 2.80. The van der Waals surface area contributed by atoms with Gasteiger partial charge >= 0.3 is 0 Å². The van der Waals surface area contributed by atoms with E-state index in [4.69, 9.17) is 0 Å². The normalized spacial score (nSPS) is 14.6. The summed E-state index contributed by atoms with van der Waals surface area (Å²) in [7, 11) is 0. The van der Waals surface area contributed by atoms with Crippen LogP contribution in [0.3, 0.4) is 0 Å². The molecule has 4 rings (SSSR count). The maximum Gasteiger partial charge on any atom is 0.266 e. The third kappa shape index (κ3) is 3.58. The maximum absolute atomic E-state index is 13.0. The van der Waals surface area contributed by atoms with Crippen LogP contribution in [0.1, 0.15) is 40.1 Å². The Labute approximate surface area is 171 Å². The zero-order valence-electron chi connectivity index (χ0n) is 15.4. The number of aromatic nitrogens is 2. The summed E-state index contributed by atoms with van der Waals surface area (Å²) in [6.45, 7) is 6.01. The van der Waals surface area contributed by atoms with Gasteiger partial charge in [0.05, 0.1) is 10.3 Å². The fourth-order valence-corrected chi connectivity index (χ4v) is 5.08. The Kier molecular flexibility index (Phi) is 5.14. The molecule has 0 saturated carbocycles. The fourth-order valence-electron chi connectivity index (χ4n) is 3.56. The molecule has 5 nitrogen and oxygen atoms in total. The number of nitrogens with zero attached hydrogens (tertiary/aromatic N) is 3. The van der Waals surface area contributed by atoms with Crippen molar-refractivity contribution in [2.24, 2.45) is 0 Å². The Balaban J connectivity index is 1.70. The largest absolute Gasteiger partial charge is 0.356 e.